The number of hydrogen-bond acceptors (Lipinski definition) is 1. The normalized spacial score (nSPS) is 11.6. The minimum atomic E-state index is -0.857. The summed E-state index contributed by atoms with van der Waals surface area (Å²) in [5, 5.41) is 0. The van der Waals surface area contributed by atoms with Crippen molar-refractivity contribution < 1.29 is 39.5 Å². The van der Waals surface area contributed by atoms with Gasteiger partial charge in [0.25, 0.3) is 0 Å². The number of benzene rings is 9. The average Bonchev–Trinajstić information content (AvgIpc) is 3.34. The van der Waals surface area contributed by atoms with E-state index in [1.807, 2.05) is 0 Å². The molecule has 9 rings (SSSR count). The van der Waals surface area contributed by atoms with E-state index < -0.39 is 52.4 Å². The lowest BCUT2D eigenvalue weighted by Gasteiger charge is -2.27. The number of hydrogen-bond donors (Lipinski definition) is 0. The third-order valence-corrected chi connectivity index (χ3v) is 11.5. The van der Waals surface area contributed by atoms with Crippen LogP contribution in [0.2, 0.25) is 0 Å². The van der Waals surface area contributed by atoms with Gasteiger partial charge in [-0.25, -0.2) is 39.5 Å². The SMILES string of the molecule is Fc1ccc(C=Cc2ccc(-c3ccc(N(c4ccc(-c5ccc(C=Cc6ccc(F)cc6)c(F)c5)c(F)c4)c4ccc(-c5ccc(C=Cc6ccc(F)cc6)cc5F)c(F)c4)cc3F)c(F)c2)cc1. The van der Waals surface area contributed by atoms with Gasteiger partial charge in [-0.2, -0.15) is 0 Å². The number of anilines is 3. The van der Waals surface area contributed by atoms with E-state index in [0.717, 1.165) is 18.2 Å². The van der Waals surface area contributed by atoms with Crippen molar-refractivity contribution in [2.45, 2.75) is 0 Å². The minimum Gasteiger partial charge on any atom is -0.310 e. The highest BCUT2D eigenvalue weighted by Gasteiger charge is 2.21. The zero-order chi connectivity index (χ0) is 48.9. The van der Waals surface area contributed by atoms with Gasteiger partial charge in [-0.15, -0.1) is 0 Å². The van der Waals surface area contributed by atoms with Crippen LogP contribution in [0.5, 0.6) is 0 Å². The fraction of sp³-hybridized carbons (Fsp3) is 0. The molecule has 0 aromatic heterocycles. The Morgan fingerprint density at radius 2 is 0.557 bits per heavy atom. The summed E-state index contributed by atoms with van der Waals surface area (Å²) in [5.74, 6) is -5.80. The average molecular weight is 942 g/mol. The summed E-state index contributed by atoms with van der Waals surface area (Å²) in [6, 6.07) is 41.6. The second-order valence-corrected chi connectivity index (χ2v) is 16.2. The van der Waals surface area contributed by atoms with Gasteiger partial charge >= 0.3 is 0 Å². The summed E-state index contributed by atoms with van der Waals surface area (Å²) >= 11 is 0. The predicted molar refractivity (Wildman–Crippen MR) is 263 cm³/mol. The van der Waals surface area contributed by atoms with Crippen LogP contribution in [0.4, 0.5) is 56.6 Å². The second kappa shape index (κ2) is 20.3. The van der Waals surface area contributed by atoms with Crippen LogP contribution in [0.15, 0.2) is 182 Å². The van der Waals surface area contributed by atoms with Gasteiger partial charge in [0, 0.05) is 50.4 Å². The van der Waals surface area contributed by atoms with Crippen LogP contribution in [-0.4, -0.2) is 0 Å². The Hall–Kier alpha value is -8.63. The lowest BCUT2D eigenvalue weighted by atomic mass is 9.99. The van der Waals surface area contributed by atoms with Crippen molar-refractivity contribution in [3.8, 4) is 33.4 Å². The Bertz CT molecular complexity index is 3310. The van der Waals surface area contributed by atoms with Crippen LogP contribution in [-0.2, 0) is 0 Å². The summed E-state index contributed by atoms with van der Waals surface area (Å²) in [4.78, 5) is 1.37. The molecule has 0 saturated heterocycles. The molecule has 0 saturated carbocycles. The minimum absolute atomic E-state index is 0.0255. The summed E-state index contributed by atoms with van der Waals surface area (Å²) in [7, 11) is 0. The maximum atomic E-state index is 16.3. The Labute approximate surface area is 397 Å². The molecule has 10 heteroatoms. The molecular formula is C60H36F9N. The van der Waals surface area contributed by atoms with Gasteiger partial charge in [-0.3, -0.25) is 0 Å². The van der Waals surface area contributed by atoms with E-state index in [4.69, 9.17) is 0 Å². The van der Waals surface area contributed by atoms with E-state index in [1.54, 1.807) is 66.8 Å². The molecule has 9 aromatic carbocycles. The quantitative estimate of drug-likeness (QED) is 0.0871. The van der Waals surface area contributed by atoms with Crippen molar-refractivity contribution in [2.24, 2.45) is 0 Å². The molecule has 0 N–H and O–H groups in total. The maximum Gasteiger partial charge on any atom is 0.133 e. The maximum absolute atomic E-state index is 16.3. The fourth-order valence-electron chi connectivity index (χ4n) is 7.88. The second-order valence-electron chi connectivity index (χ2n) is 16.2. The van der Waals surface area contributed by atoms with Gasteiger partial charge in [-0.05, 0) is 143 Å². The number of halogens is 9. The first-order valence-corrected chi connectivity index (χ1v) is 21.7. The van der Waals surface area contributed by atoms with Crippen LogP contribution >= 0.6 is 0 Å². The number of nitrogens with zero attached hydrogens (tertiary/aromatic N) is 1. The summed E-state index contributed by atoms with van der Waals surface area (Å²) in [5.41, 5.74) is 3.38. The van der Waals surface area contributed by atoms with Gasteiger partial charge in [0.1, 0.15) is 52.4 Å². The van der Waals surface area contributed by atoms with Gasteiger partial charge in [0.05, 0.1) is 0 Å². The first kappa shape index (κ1) is 46.5. The zero-order valence-corrected chi connectivity index (χ0v) is 36.6. The molecule has 0 spiro atoms. The molecule has 0 bridgehead atoms. The van der Waals surface area contributed by atoms with Crippen LogP contribution in [0.25, 0.3) is 69.8 Å². The predicted octanol–water partition coefficient (Wildman–Crippen LogP) is 17.9. The molecule has 0 aliphatic heterocycles. The van der Waals surface area contributed by atoms with E-state index in [2.05, 4.69) is 0 Å². The van der Waals surface area contributed by atoms with Crippen molar-refractivity contribution in [1.29, 1.82) is 0 Å². The first-order valence-electron chi connectivity index (χ1n) is 21.7. The highest BCUT2D eigenvalue weighted by atomic mass is 19.2. The molecule has 70 heavy (non-hydrogen) atoms. The molecule has 0 radical (unpaired) electrons. The topological polar surface area (TPSA) is 3.24 Å². The van der Waals surface area contributed by atoms with Gasteiger partial charge < -0.3 is 4.90 Å². The van der Waals surface area contributed by atoms with E-state index >= 15 is 26.3 Å². The van der Waals surface area contributed by atoms with Crippen molar-refractivity contribution in [3.63, 3.8) is 0 Å². The Balaban J connectivity index is 1.04. The van der Waals surface area contributed by atoms with Crippen LogP contribution < -0.4 is 4.90 Å². The molecule has 0 fully saturated rings. The highest BCUT2D eigenvalue weighted by Crippen LogP contribution is 2.41. The summed E-state index contributed by atoms with van der Waals surface area (Å²) < 4.78 is 136. The van der Waals surface area contributed by atoms with Crippen molar-refractivity contribution in [2.75, 3.05) is 4.90 Å². The molecule has 9 aromatic rings. The summed E-state index contributed by atoms with van der Waals surface area (Å²) in [6.45, 7) is 0. The third-order valence-electron chi connectivity index (χ3n) is 11.5. The third kappa shape index (κ3) is 10.6. The Kier molecular flexibility index (Phi) is 13.5. The Morgan fingerprint density at radius 1 is 0.243 bits per heavy atom. The van der Waals surface area contributed by atoms with Crippen LogP contribution in [0.3, 0.4) is 0 Å². The Morgan fingerprint density at radius 3 is 0.914 bits per heavy atom. The molecule has 344 valence electrons. The van der Waals surface area contributed by atoms with E-state index in [1.165, 1.54) is 138 Å². The molecule has 0 amide bonds. The molecule has 0 atom stereocenters. The standard InChI is InChI=1S/C60H36F9N/c61-44-17-6-37(7-18-44)1-3-40-12-26-51(56(65)31-40)53-29-24-48(35-59(53)68)70(47-23-28-50(58(67)34-47)43-16-15-42(55(64)33-43)14-5-39-10-21-46(63)22-11-39)49-25-30-54(60(69)36-49)52-27-13-41(32-57(52)66)4-2-38-8-19-45(62)20-9-38/h1-36H. The largest absolute Gasteiger partial charge is 0.310 e. The lowest BCUT2D eigenvalue weighted by molar-refractivity contribution is 0.615. The molecule has 0 heterocycles. The van der Waals surface area contributed by atoms with Gasteiger partial charge in [0.15, 0.2) is 0 Å². The van der Waals surface area contributed by atoms with E-state index in [9.17, 15) is 13.2 Å². The lowest BCUT2D eigenvalue weighted by Crippen LogP contribution is -2.11. The van der Waals surface area contributed by atoms with Gasteiger partial charge in [0.2, 0.25) is 0 Å². The number of rotatable bonds is 12. The molecular weight excluding hydrogens is 906 g/mol. The van der Waals surface area contributed by atoms with Crippen molar-refractivity contribution in [3.05, 3.63) is 268 Å². The van der Waals surface area contributed by atoms with Crippen molar-refractivity contribution in [1.82, 2.24) is 0 Å². The van der Waals surface area contributed by atoms with E-state index in [0.29, 0.717) is 27.8 Å². The highest BCUT2D eigenvalue weighted by molar-refractivity contribution is 5.83. The summed E-state index contributed by atoms with van der Waals surface area (Å²) in [6.07, 6.45) is 9.74. The van der Waals surface area contributed by atoms with Crippen LogP contribution in [0, 0.1) is 52.4 Å². The first-order chi connectivity index (χ1) is 33.8. The molecule has 1 nitrogen and oxygen atoms in total. The molecule has 0 aliphatic carbocycles. The van der Waals surface area contributed by atoms with Gasteiger partial charge in [-0.1, -0.05) is 109 Å². The van der Waals surface area contributed by atoms with E-state index in [-0.39, 0.29) is 56.0 Å². The fourth-order valence-corrected chi connectivity index (χ4v) is 7.88. The zero-order valence-electron chi connectivity index (χ0n) is 36.6. The smallest absolute Gasteiger partial charge is 0.133 e. The monoisotopic (exact) mass is 941 g/mol. The van der Waals surface area contributed by atoms with Crippen molar-refractivity contribution >= 4 is 53.5 Å². The molecule has 0 unspecified atom stereocenters. The van der Waals surface area contributed by atoms with Crippen LogP contribution in [0.1, 0.15) is 33.4 Å². The molecule has 0 aliphatic rings.